The maximum atomic E-state index is 12.3. The Labute approximate surface area is 131 Å². The van der Waals surface area contributed by atoms with Gasteiger partial charge in [-0.2, -0.15) is 13.2 Å². The van der Waals surface area contributed by atoms with Crippen molar-refractivity contribution in [1.82, 2.24) is 5.32 Å². The van der Waals surface area contributed by atoms with E-state index in [9.17, 15) is 18.0 Å². The molecule has 0 aliphatic rings. The zero-order valence-electron chi connectivity index (χ0n) is 12.3. The van der Waals surface area contributed by atoms with Crippen molar-refractivity contribution in [3.05, 3.63) is 35.9 Å². The second kappa shape index (κ2) is 8.99. The standard InChI is InChI=1S/C14H19F3N4O2/c15-14(16,17)12(22)21-11(8-20-13(18)19)6-7-23-9-10-4-2-1-3-5-10/h1-5,11H,6-9H2,(H,21,22)(H4,18,19,20). The van der Waals surface area contributed by atoms with Gasteiger partial charge in [-0.15, -0.1) is 0 Å². The third-order valence-electron chi connectivity index (χ3n) is 2.81. The third-order valence-corrected chi connectivity index (χ3v) is 2.81. The van der Waals surface area contributed by atoms with Crippen LogP contribution in [-0.4, -0.2) is 37.2 Å². The number of carbonyl (C=O) groups excluding carboxylic acids is 1. The number of guanidine groups is 1. The van der Waals surface area contributed by atoms with Gasteiger partial charge in [-0.25, -0.2) is 0 Å². The molecule has 6 nitrogen and oxygen atoms in total. The number of nitrogens with zero attached hydrogens (tertiary/aromatic N) is 1. The first-order valence-corrected chi connectivity index (χ1v) is 6.84. The first-order chi connectivity index (χ1) is 10.8. The van der Waals surface area contributed by atoms with Crippen LogP contribution in [0.25, 0.3) is 0 Å². The van der Waals surface area contributed by atoms with E-state index < -0.39 is 18.1 Å². The number of rotatable bonds is 8. The summed E-state index contributed by atoms with van der Waals surface area (Å²) in [7, 11) is 0. The molecule has 0 radical (unpaired) electrons. The molecule has 5 N–H and O–H groups in total. The van der Waals surface area contributed by atoms with Gasteiger partial charge in [-0.05, 0) is 12.0 Å². The average Bonchev–Trinajstić information content (AvgIpc) is 2.48. The normalized spacial score (nSPS) is 12.5. The van der Waals surface area contributed by atoms with Crippen LogP contribution in [0.5, 0.6) is 0 Å². The summed E-state index contributed by atoms with van der Waals surface area (Å²) < 4.78 is 42.2. The molecule has 1 aromatic rings. The monoisotopic (exact) mass is 332 g/mol. The van der Waals surface area contributed by atoms with Crippen molar-refractivity contribution < 1.29 is 22.7 Å². The van der Waals surface area contributed by atoms with Crippen LogP contribution >= 0.6 is 0 Å². The van der Waals surface area contributed by atoms with Gasteiger partial charge in [0.2, 0.25) is 0 Å². The van der Waals surface area contributed by atoms with Crippen LogP contribution in [0.1, 0.15) is 12.0 Å². The minimum atomic E-state index is -4.96. The summed E-state index contributed by atoms with van der Waals surface area (Å²) in [6, 6.07) is 8.42. The summed E-state index contributed by atoms with van der Waals surface area (Å²) in [5.41, 5.74) is 11.2. The Kier molecular flexibility index (Phi) is 7.33. The van der Waals surface area contributed by atoms with E-state index >= 15 is 0 Å². The second-order valence-electron chi connectivity index (χ2n) is 4.76. The Morgan fingerprint density at radius 3 is 2.48 bits per heavy atom. The summed E-state index contributed by atoms with van der Waals surface area (Å²) in [4.78, 5) is 14.6. The van der Waals surface area contributed by atoms with E-state index in [0.717, 1.165) is 5.56 Å². The minimum Gasteiger partial charge on any atom is -0.377 e. The molecule has 1 atom stereocenters. The van der Waals surface area contributed by atoms with E-state index in [4.69, 9.17) is 16.2 Å². The number of aliphatic imine (C=N–C) groups is 1. The highest BCUT2D eigenvalue weighted by Crippen LogP contribution is 2.15. The predicted octanol–water partition coefficient (Wildman–Crippen LogP) is 0.914. The molecule has 1 amide bonds. The summed E-state index contributed by atoms with van der Waals surface area (Å²) in [5.74, 6) is -2.29. The van der Waals surface area contributed by atoms with Crippen LogP contribution in [0.4, 0.5) is 13.2 Å². The maximum absolute atomic E-state index is 12.3. The van der Waals surface area contributed by atoms with E-state index in [2.05, 4.69) is 4.99 Å². The fourth-order valence-electron chi connectivity index (χ4n) is 1.68. The molecular formula is C14H19F3N4O2. The van der Waals surface area contributed by atoms with Gasteiger partial charge < -0.3 is 21.5 Å². The number of amides is 1. The van der Waals surface area contributed by atoms with Gasteiger partial charge in [-0.1, -0.05) is 30.3 Å². The summed E-state index contributed by atoms with van der Waals surface area (Å²) in [5, 5.41) is 1.85. The number of hydrogen-bond acceptors (Lipinski definition) is 3. The molecule has 0 aliphatic heterocycles. The largest absolute Gasteiger partial charge is 0.471 e. The zero-order chi connectivity index (χ0) is 17.3. The second-order valence-corrected chi connectivity index (χ2v) is 4.76. The first-order valence-electron chi connectivity index (χ1n) is 6.84. The molecule has 0 aromatic heterocycles. The van der Waals surface area contributed by atoms with Crippen LogP contribution in [0.2, 0.25) is 0 Å². The Morgan fingerprint density at radius 1 is 1.26 bits per heavy atom. The number of alkyl halides is 3. The van der Waals surface area contributed by atoms with Gasteiger partial charge in [0.1, 0.15) is 0 Å². The zero-order valence-corrected chi connectivity index (χ0v) is 12.3. The first kappa shape index (κ1) is 18.8. The van der Waals surface area contributed by atoms with Gasteiger partial charge in [0, 0.05) is 6.61 Å². The topological polar surface area (TPSA) is 103 Å². The molecule has 128 valence electrons. The number of halogens is 3. The minimum absolute atomic E-state index is 0.144. The lowest BCUT2D eigenvalue weighted by Gasteiger charge is -2.18. The molecule has 1 unspecified atom stereocenters. The molecule has 0 saturated heterocycles. The van der Waals surface area contributed by atoms with Crippen molar-refractivity contribution >= 4 is 11.9 Å². The van der Waals surface area contributed by atoms with E-state index in [0.29, 0.717) is 6.61 Å². The molecule has 1 rings (SSSR count). The molecule has 9 heteroatoms. The van der Waals surface area contributed by atoms with Crippen molar-refractivity contribution in [1.29, 1.82) is 0 Å². The fraction of sp³-hybridized carbons (Fsp3) is 0.429. The SMILES string of the molecule is NC(N)=NCC(CCOCc1ccccc1)NC(=O)C(F)(F)F. The Morgan fingerprint density at radius 2 is 1.91 bits per heavy atom. The van der Waals surface area contributed by atoms with E-state index in [1.54, 1.807) is 0 Å². The number of nitrogens with one attached hydrogen (secondary N) is 1. The van der Waals surface area contributed by atoms with E-state index in [1.807, 2.05) is 35.6 Å². The predicted molar refractivity (Wildman–Crippen MR) is 79.4 cm³/mol. The molecule has 0 fully saturated rings. The van der Waals surface area contributed by atoms with Crippen LogP contribution in [0.3, 0.4) is 0 Å². The number of nitrogens with two attached hydrogens (primary N) is 2. The van der Waals surface area contributed by atoms with Gasteiger partial charge in [0.05, 0.1) is 19.2 Å². The lowest BCUT2D eigenvalue weighted by Crippen LogP contribution is -2.45. The van der Waals surface area contributed by atoms with Crippen LogP contribution < -0.4 is 16.8 Å². The summed E-state index contributed by atoms with van der Waals surface area (Å²) in [6.07, 6.45) is -4.81. The molecule has 0 saturated carbocycles. The summed E-state index contributed by atoms with van der Waals surface area (Å²) >= 11 is 0. The number of benzene rings is 1. The Hall–Kier alpha value is -2.29. The molecular weight excluding hydrogens is 313 g/mol. The van der Waals surface area contributed by atoms with Gasteiger partial charge in [-0.3, -0.25) is 9.79 Å². The van der Waals surface area contributed by atoms with E-state index in [1.165, 1.54) is 0 Å². The van der Waals surface area contributed by atoms with Gasteiger partial charge >= 0.3 is 12.1 Å². The van der Waals surface area contributed by atoms with Crippen molar-refractivity contribution in [2.45, 2.75) is 25.2 Å². The Bertz CT molecular complexity index is 517. The van der Waals surface area contributed by atoms with Gasteiger partial charge in [0.25, 0.3) is 0 Å². The van der Waals surface area contributed by atoms with Crippen LogP contribution in [0.15, 0.2) is 35.3 Å². The maximum Gasteiger partial charge on any atom is 0.471 e. The van der Waals surface area contributed by atoms with Crippen molar-refractivity contribution in [2.24, 2.45) is 16.5 Å². The molecule has 0 bridgehead atoms. The molecule has 23 heavy (non-hydrogen) atoms. The number of hydrogen-bond donors (Lipinski definition) is 3. The highest BCUT2D eigenvalue weighted by molar-refractivity contribution is 5.82. The van der Waals surface area contributed by atoms with Gasteiger partial charge in [0.15, 0.2) is 5.96 Å². The highest BCUT2D eigenvalue weighted by Gasteiger charge is 2.39. The fourth-order valence-corrected chi connectivity index (χ4v) is 1.68. The molecule has 1 aromatic carbocycles. The average molecular weight is 332 g/mol. The molecule has 0 spiro atoms. The van der Waals surface area contributed by atoms with Crippen molar-refractivity contribution in [2.75, 3.05) is 13.2 Å². The Balaban J connectivity index is 2.45. The van der Waals surface area contributed by atoms with Crippen molar-refractivity contribution in [3.63, 3.8) is 0 Å². The highest BCUT2D eigenvalue weighted by atomic mass is 19.4. The molecule has 0 heterocycles. The number of carbonyl (C=O) groups is 1. The smallest absolute Gasteiger partial charge is 0.377 e. The van der Waals surface area contributed by atoms with Crippen molar-refractivity contribution in [3.8, 4) is 0 Å². The van der Waals surface area contributed by atoms with Crippen LogP contribution in [0, 0.1) is 0 Å². The number of ether oxygens (including phenoxy) is 1. The quantitative estimate of drug-likeness (QED) is 0.374. The van der Waals surface area contributed by atoms with Crippen LogP contribution in [-0.2, 0) is 16.1 Å². The molecule has 0 aliphatic carbocycles. The third kappa shape index (κ3) is 8.05. The lowest BCUT2D eigenvalue weighted by atomic mass is 10.2. The summed E-state index contributed by atoms with van der Waals surface area (Å²) in [6.45, 7) is 0.319. The lowest BCUT2D eigenvalue weighted by molar-refractivity contribution is -0.174. The van der Waals surface area contributed by atoms with E-state index in [-0.39, 0.29) is 25.5 Å².